The zero-order chi connectivity index (χ0) is 12.3. The van der Waals surface area contributed by atoms with Crippen LogP contribution in [0.25, 0.3) is 0 Å². The molecule has 0 amide bonds. The van der Waals surface area contributed by atoms with Gasteiger partial charge in [0, 0.05) is 56.8 Å². The summed E-state index contributed by atoms with van der Waals surface area (Å²) in [6.07, 6.45) is 7.39. The summed E-state index contributed by atoms with van der Waals surface area (Å²) in [6, 6.07) is -0.0974. The van der Waals surface area contributed by atoms with E-state index in [0.29, 0.717) is 13.0 Å². The van der Waals surface area contributed by atoms with Crippen LogP contribution in [0, 0.1) is 0 Å². The molecule has 0 aliphatic carbocycles. The summed E-state index contributed by atoms with van der Waals surface area (Å²) in [5, 5.41) is 3.33. The molecule has 0 radical (unpaired) electrons. The monoisotopic (exact) mass is 232 g/mol. The van der Waals surface area contributed by atoms with Crippen LogP contribution < -0.4 is 5.32 Å². The lowest BCUT2D eigenvalue weighted by atomic mass is 9.93. The summed E-state index contributed by atoms with van der Waals surface area (Å²) in [5.74, 6) is 0.186. The molecule has 5 nitrogen and oxygen atoms in total. The average Bonchev–Trinajstić information content (AvgIpc) is 2.32. The first kappa shape index (κ1) is 11.7. The summed E-state index contributed by atoms with van der Waals surface area (Å²) in [5.41, 5.74) is 1.70. The van der Waals surface area contributed by atoms with E-state index in [1.165, 1.54) is 6.33 Å². The highest BCUT2D eigenvalue weighted by molar-refractivity contribution is 5.97. The maximum atomic E-state index is 11.9. The molecule has 1 fully saturated rings. The first-order valence-corrected chi connectivity index (χ1v) is 5.58. The molecule has 0 saturated carbocycles. The fraction of sp³-hybridized carbons (Fsp3) is 0.417. The second kappa shape index (κ2) is 5.05. The Morgan fingerprint density at radius 1 is 1.41 bits per heavy atom. The van der Waals surface area contributed by atoms with E-state index in [9.17, 15) is 4.79 Å². The maximum Gasteiger partial charge on any atom is 0.163 e. The van der Waals surface area contributed by atoms with Crippen LogP contribution in [0.4, 0.5) is 0 Å². The fourth-order valence-electron chi connectivity index (χ4n) is 1.93. The largest absolute Gasteiger partial charge is 0.383 e. The van der Waals surface area contributed by atoms with Crippen molar-refractivity contribution in [2.75, 3.05) is 20.6 Å². The Kier molecular flexibility index (Phi) is 3.49. The molecule has 0 aromatic carbocycles. The van der Waals surface area contributed by atoms with Crippen LogP contribution in [0.1, 0.15) is 18.0 Å². The van der Waals surface area contributed by atoms with Crippen molar-refractivity contribution in [3.63, 3.8) is 0 Å². The topological polar surface area (TPSA) is 58.1 Å². The van der Waals surface area contributed by atoms with E-state index >= 15 is 0 Å². The molecule has 17 heavy (non-hydrogen) atoms. The van der Waals surface area contributed by atoms with E-state index in [-0.39, 0.29) is 11.8 Å². The molecule has 0 spiro atoms. The molecule has 5 heteroatoms. The number of nitrogens with one attached hydrogen (secondary N) is 1. The van der Waals surface area contributed by atoms with Gasteiger partial charge in [-0.15, -0.1) is 0 Å². The molecule has 90 valence electrons. The quantitative estimate of drug-likeness (QED) is 0.754. The van der Waals surface area contributed by atoms with Crippen molar-refractivity contribution in [3.8, 4) is 0 Å². The van der Waals surface area contributed by atoms with E-state index in [4.69, 9.17) is 0 Å². The highest BCUT2D eigenvalue weighted by atomic mass is 16.1. The van der Waals surface area contributed by atoms with Gasteiger partial charge in [-0.3, -0.25) is 4.79 Å². The number of hydrogen-bond donors (Lipinski definition) is 1. The number of ketones is 1. The Bertz CT molecular complexity index is 427. The first-order chi connectivity index (χ1) is 8.18. The molecular weight excluding hydrogens is 216 g/mol. The Balaban J connectivity index is 2.34. The van der Waals surface area contributed by atoms with Gasteiger partial charge in [0.05, 0.1) is 6.04 Å². The van der Waals surface area contributed by atoms with Crippen LogP contribution in [0.15, 0.2) is 30.5 Å². The van der Waals surface area contributed by atoms with Gasteiger partial charge in [0.15, 0.2) is 5.78 Å². The van der Waals surface area contributed by atoms with Gasteiger partial charge < -0.3 is 10.2 Å². The van der Waals surface area contributed by atoms with Crippen LogP contribution in [0.3, 0.4) is 0 Å². The smallest absolute Gasteiger partial charge is 0.163 e. The standard InChI is InChI=1S/C12H16N4O/c1-16(2)7-10-11(17)3-4-15-12(10)9-5-13-8-14-6-9/h5-8,12,15H,3-4H2,1-2H3/b10-7+. The molecule has 2 rings (SSSR count). The average molecular weight is 232 g/mol. The number of hydrogen-bond acceptors (Lipinski definition) is 5. The third kappa shape index (κ3) is 2.68. The number of piperidine rings is 1. The minimum absolute atomic E-state index is 0.0974. The third-order valence-electron chi connectivity index (χ3n) is 2.64. The normalized spacial score (nSPS) is 22.8. The van der Waals surface area contributed by atoms with Gasteiger partial charge in [0.2, 0.25) is 0 Å². The molecule has 1 aliphatic heterocycles. The number of carbonyl (C=O) groups excluding carboxylic acids is 1. The van der Waals surface area contributed by atoms with Gasteiger partial charge in [0.1, 0.15) is 6.33 Å². The molecule has 1 atom stereocenters. The molecule has 2 heterocycles. The van der Waals surface area contributed by atoms with Gasteiger partial charge in [-0.2, -0.15) is 0 Å². The van der Waals surface area contributed by atoms with Crippen LogP contribution in [0.5, 0.6) is 0 Å². The molecule has 1 N–H and O–H groups in total. The first-order valence-electron chi connectivity index (χ1n) is 5.58. The lowest BCUT2D eigenvalue weighted by molar-refractivity contribution is -0.116. The molecule has 1 aromatic rings. The van der Waals surface area contributed by atoms with Crippen molar-refractivity contribution in [2.45, 2.75) is 12.5 Å². The number of nitrogens with zero attached hydrogens (tertiary/aromatic N) is 3. The molecule has 0 bridgehead atoms. The van der Waals surface area contributed by atoms with Crippen molar-refractivity contribution in [3.05, 3.63) is 36.1 Å². The molecule has 1 saturated heterocycles. The number of Topliss-reactive ketones (excluding diaryl/α,β-unsaturated/α-hetero) is 1. The van der Waals surface area contributed by atoms with Crippen LogP contribution >= 0.6 is 0 Å². The Morgan fingerprint density at radius 3 is 2.76 bits per heavy atom. The van der Waals surface area contributed by atoms with Crippen molar-refractivity contribution in [2.24, 2.45) is 0 Å². The molecule has 1 unspecified atom stereocenters. The Hall–Kier alpha value is -1.75. The van der Waals surface area contributed by atoms with Crippen molar-refractivity contribution in [1.29, 1.82) is 0 Å². The third-order valence-corrected chi connectivity index (χ3v) is 2.64. The SMILES string of the molecule is CN(C)/C=C1\C(=O)CCNC1c1cncnc1. The van der Waals surface area contributed by atoms with Gasteiger partial charge in [-0.25, -0.2) is 9.97 Å². The zero-order valence-electron chi connectivity index (χ0n) is 10.1. The predicted octanol–water partition coefficient (Wildman–Crippen LogP) is 0.526. The van der Waals surface area contributed by atoms with Gasteiger partial charge >= 0.3 is 0 Å². The van der Waals surface area contributed by atoms with E-state index in [1.807, 2.05) is 25.2 Å². The second-order valence-electron chi connectivity index (χ2n) is 4.28. The van der Waals surface area contributed by atoms with Gasteiger partial charge in [0.25, 0.3) is 0 Å². The molecule has 1 aliphatic rings. The maximum absolute atomic E-state index is 11.9. The Labute approximate surface area is 101 Å². The summed E-state index contributed by atoms with van der Waals surface area (Å²) in [4.78, 5) is 21.8. The highest BCUT2D eigenvalue weighted by Gasteiger charge is 2.27. The summed E-state index contributed by atoms with van der Waals surface area (Å²) >= 11 is 0. The predicted molar refractivity (Wildman–Crippen MR) is 64.2 cm³/mol. The number of carbonyl (C=O) groups is 1. The fourth-order valence-corrected chi connectivity index (χ4v) is 1.93. The van der Waals surface area contributed by atoms with Crippen LogP contribution in [-0.2, 0) is 4.79 Å². The second-order valence-corrected chi connectivity index (χ2v) is 4.28. The Morgan fingerprint density at radius 2 is 2.12 bits per heavy atom. The van der Waals surface area contributed by atoms with Crippen molar-refractivity contribution < 1.29 is 4.79 Å². The van der Waals surface area contributed by atoms with Crippen molar-refractivity contribution >= 4 is 5.78 Å². The van der Waals surface area contributed by atoms with Crippen molar-refractivity contribution in [1.82, 2.24) is 20.2 Å². The minimum atomic E-state index is -0.0974. The lowest BCUT2D eigenvalue weighted by Crippen LogP contribution is -2.35. The zero-order valence-corrected chi connectivity index (χ0v) is 10.1. The van der Waals surface area contributed by atoms with E-state index in [2.05, 4.69) is 15.3 Å². The van der Waals surface area contributed by atoms with Gasteiger partial charge in [-0.05, 0) is 0 Å². The van der Waals surface area contributed by atoms with E-state index in [0.717, 1.165) is 11.1 Å². The van der Waals surface area contributed by atoms with E-state index < -0.39 is 0 Å². The summed E-state index contributed by atoms with van der Waals surface area (Å²) < 4.78 is 0. The molecule has 1 aromatic heterocycles. The van der Waals surface area contributed by atoms with E-state index in [1.54, 1.807) is 12.4 Å². The number of aromatic nitrogens is 2. The minimum Gasteiger partial charge on any atom is -0.383 e. The number of rotatable bonds is 2. The van der Waals surface area contributed by atoms with Crippen LogP contribution in [0.2, 0.25) is 0 Å². The lowest BCUT2D eigenvalue weighted by Gasteiger charge is -2.26. The summed E-state index contributed by atoms with van der Waals surface area (Å²) in [7, 11) is 3.82. The van der Waals surface area contributed by atoms with Gasteiger partial charge in [-0.1, -0.05) is 0 Å². The van der Waals surface area contributed by atoms with Crippen LogP contribution in [-0.4, -0.2) is 41.3 Å². The molecular formula is C12H16N4O. The highest BCUT2D eigenvalue weighted by Crippen LogP contribution is 2.25. The summed E-state index contributed by atoms with van der Waals surface area (Å²) in [6.45, 7) is 0.698.